The van der Waals surface area contributed by atoms with Crippen LogP contribution in [0.25, 0.3) is 0 Å². The van der Waals surface area contributed by atoms with Gasteiger partial charge in [0.15, 0.2) is 0 Å². The van der Waals surface area contributed by atoms with Crippen molar-refractivity contribution in [2.24, 2.45) is 5.92 Å². The molecule has 5 nitrogen and oxygen atoms in total. The van der Waals surface area contributed by atoms with E-state index in [-0.39, 0.29) is 11.9 Å². The quantitative estimate of drug-likeness (QED) is 0.800. The second kappa shape index (κ2) is 8.92. The van der Waals surface area contributed by atoms with Crippen molar-refractivity contribution >= 4 is 11.6 Å². The Morgan fingerprint density at radius 1 is 1.29 bits per heavy atom. The van der Waals surface area contributed by atoms with Crippen molar-refractivity contribution in [3.05, 3.63) is 18.2 Å². The molecule has 0 spiro atoms. The lowest BCUT2D eigenvalue weighted by atomic mass is 9.86. The van der Waals surface area contributed by atoms with Gasteiger partial charge in [-0.25, -0.2) is 0 Å². The molecule has 1 aromatic rings. The molecule has 3 unspecified atom stereocenters. The van der Waals surface area contributed by atoms with E-state index in [1.54, 1.807) is 26.4 Å². The Bertz CT molecular complexity index is 547. The van der Waals surface area contributed by atoms with Crippen LogP contribution in [-0.4, -0.2) is 32.2 Å². The van der Waals surface area contributed by atoms with Crippen LogP contribution in [0.3, 0.4) is 0 Å². The van der Waals surface area contributed by atoms with Crippen LogP contribution >= 0.6 is 0 Å². The third-order valence-corrected chi connectivity index (χ3v) is 4.63. The highest BCUT2D eigenvalue weighted by atomic mass is 16.5. The topological polar surface area (TPSA) is 59.6 Å². The van der Waals surface area contributed by atoms with E-state index in [1.165, 1.54) is 25.7 Å². The molecule has 0 saturated heterocycles. The number of carbonyl (C=O) groups is 1. The Morgan fingerprint density at radius 3 is 2.75 bits per heavy atom. The number of amides is 1. The van der Waals surface area contributed by atoms with E-state index in [9.17, 15) is 4.79 Å². The first-order valence-corrected chi connectivity index (χ1v) is 8.79. The summed E-state index contributed by atoms with van der Waals surface area (Å²) in [5.74, 6) is 2.07. The Labute approximate surface area is 145 Å². The number of benzene rings is 1. The Morgan fingerprint density at radius 2 is 2.08 bits per heavy atom. The van der Waals surface area contributed by atoms with Gasteiger partial charge in [0.05, 0.1) is 19.9 Å². The third-order valence-electron chi connectivity index (χ3n) is 4.63. The van der Waals surface area contributed by atoms with Gasteiger partial charge in [-0.1, -0.05) is 19.8 Å². The van der Waals surface area contributed by atoms with Crippen LogP contribution in [0.5, 0.6) is 11.5 Å². The summed E-state index contributed by atoms with van der Waals surface area (Å²) < 4.78 is 10.5. The first-order chi connectivity index (χ1) is 11.5. The van der Waals surface area contributed by atoms with Gasteiger partial charge >= 0.3 is 0 Å². The summed E-state index contributed by atoms with van der Waals surface area (Å²) in [6, 6.07) is 6.06. The summed E-state index contributed by atoms with van der Waals surface area (Å²) in [5, 5.41) is 6.53. The maximum absolute atomic E-state index is 12.3. The monoisotopic (exact) mass is 334 g/mol. The summed E-state index contributed by atoms with van der Waals surface area (Å²) in [4.78, 5) is 12.3. The molecule has 0 bridgehead atoms. The van der Waals surface area contributed by atoms with E-state index >= 15 is 0 Å². The zero-order valence-electron chi connectivity index (χ0n) is 15.2. The Hall–Kier alpha value is -1.75. The van der Waals surface area contributed by atoms with Gasteiger partial charge in [-0.15, -0.1) is 0 Å². The van der Waals surface area contributed by atoms with Crippen molar-refractivity contribution in [1.29, 1.82) is 0 Å². The van der Waals surface area contributed by atoms with E-state index in [0.29, 0.717) is 29.6 Å². The van der Waals surface area contributed by atoms with E-state index < -0.39 is 0 Å². The molecule has 1 aliphatic rings. The van der Waals surface area contributed by atoms with Gasteiger partial charge in [-0.3, -0.25) is 4.79 Å². The van der Waals surface area contributed by atoms with Gasteiger partial charge in [0.2, 0.25) is 5.91 Å². The smallest absolute Gasteiger partial charge is 0.226 e. The molecule has 0 aliphatic heterocycles. The lowest BCUT2D eigenvalue weighted by Gasteiger charge is -2.30. The Balaban J connectivity index is 1.88. The number of methoxy groups -OCH3 is 2. The molecular weight excluding hydrogens is 304 g/mol. The fourth-order valence-electron chi connectivity index (χ4n) is 3.44. The number of anilines is 1. The molecule has 0 heterocycles. The summed E-state index contributed by atoms with van der Waals surface area (Å²) >= 11 is 0. The largest absolute Gasteiger partial charge is 0.497 e. The molecule has 1 amide bonds. The first-order valence-electron chi connectivity index (χ1n) is 8.79. The average Bonchev–Trinajstić information content (AvgIpc) is 2.54. The number of hydrogen-bond acceptors (Lipinski definition) is 4. The highest BCUT2D eigenvalue weighted by molar-refractivity contribution is 5.92. The molecule has 2 N–H and O–H groups in total. The van der Waals surface area contributed by atoms with Gasteiger partial charge in [-0.05, 0) is 37.8 Å². The normalized spacial score (nSPS) is 21.8. The lowest BCUT2D eigenvalue weighted by molar-refractivity contribution is -0.116. The molecule has 134 valence electrons. The summed E-state index contributed by atoms with van der Waals surface area (Å²) in [5.41, 5.74) is 0.639. The van der Waals surface area contributed by atoms with Gasteiger partial charge in [0.1, 0.15) is 11.5 Å². The van der Waals surface area contributed by atoms with Crippen LogP contribution in [0.2, 0.25) is 0 Å². The summed E-state index contributed by atoms with van der Waals surface area (Å²) in [6.45, 7) is 4.38. The van der Waals surface area contributed by atoms with Crippen molar-refractivity contribution in [3.63, 3.8) is 0 Å². The van der Waals surface area contributed by atoms with Gasteiger partial charge in [0, 0.05) is 24.6 Å². The highest BCUT2D eigenvalue weighted by Gasteiger charge is 2.21. The summed E-state index contributed by atoms with van der Waals surface area (Å²) in [6.07, 6.45) is 5.45. The van der Waals surface area contributed by atoms with Crippen molar-refractivity contribution in [2.75, 3.05) is 19.5 Å². The fourth-order valence-corrected chi connectivity index (χ4v) is 3.44. The van der Waals surface area contributed by atoms with Crippen molar-refractivity contribution in [2.45, 2.75) is 58.0 Å². The molecule has 1 saturated carbocycles. The highest BCUT2D eigenvalue weighted by Crippen LogP contribution is 2.29. The van der Waals surface area contributed by atoms with Crippen LogP contribution in [0.4, 0.5) is 5.69 Å². The minimum absolute atomic E-state index is 0.0228. The standard InChI is InChI=1S/C19H30N2O3/c1-13-6-5-7-15(10-13)20-14(2)11-19(22)21-17-12-16(23-3)8-9-18(17)24-4/h8-9,12-15,20H,5-7,10-11H2,1-4H3,(H,21,22). The van der Waals surface area contributed by atoms with Crippen LogP contribution in [-0.2, 0) is 4.79 Å². The molecule has 3 atom stereocenters. The maximum Gasteiger partial charge on any atom is 0.226 e. The molecule has 0 aromatic heterocycles. The second-order valence-corrected chi connectivity index (χ2v) is 6.85. The molecular formula is C19H30N2O3. The zero-order chi connectivity index (χ0) is 17.5. The predicted molar refractivity (Wildman–Crippen MR) is 96.8 cm³/mol. The molecule has 1 aromatic carbocycles. The predicted octanol–water partition coefficient (Wildman–Crippen LogP) is 3.59. The van der Waals surface area contributed by atoms with Gasteiger partial charge in [-0.2, -0.15) is 0 Å². The second-order valence-electron chi connectivity index (χ2n) is 6.85. The minimum atomic E-state index is -0.0228. The fraction of sp³-hybridized carbons (Fsp3) is 0.632. The van der Waals surface area contributed by atoms with E-state index in [1.807, 2.05) is 6.07 Å². The molecule has 1 aliphatic carbocycles. The number of ether oxygens (including phenoxy) is 2. The number of rotatable bonds is 7. The van der Waals surface area contributed by atoms with Crippen LogP contribution in [0.15, 0.2) is 18.2 Å². The first kappa shape index (κ1) is 18.6. The van der Waals surface area contributed by atoms with Gasteiger partial charge in [0.25, 0.3) is 0 Å². The van der Waals surface area contributed by atoms with Gasteiger partial charge < -0.3 is 20.1 Å². The lowest BCUT2D eigenvalue weighted by Crippen LogP contribution is -2.41. The van der Waals surface area contributed by atoms with E-state index in [4.69, 9.17) is 9.47 Å². The maximum atomic E-state index is 12.3. The number of carbonyl (C=O) groups excluding carboxylic acids is 1. The molecule has 24 heavy (non-hydrogen) atoms. The Kier molecular flexibility index (Phi) is 6.91. The SMILES string of the molecule is COc1ccc(OC)c(NC(=O)CC(C)NC2CCCC(C)C2)c1. The third kappa shape index (κ3) is 5.41. The molecule has 0 radical (unpaired) electrons. The van der Waals surface area contributed by atoms with Crippen LogP contribution in [0.1, 0.15) is 46.0 Å². The van der Waals surface area contributed by atoms with Crippen LogP contribution < -0.4 is 20.1 Å². The minimum Gasteiger partial charge on any atom is -0.497 e. The van der Waals surface area contributed by atoms with Crippen molar-refractivity contribution in [1.82, 2.24) is 5.32 Å². The zero-order valence-corrected chi connectivity index (χ0v) is 15.2. The van der Waals surface area contributed by atoms with E-state index in [2.05, 4.69) is 24.5 Å². The number of hydrogen-bond donors (Lipinski definition) is 2. The number of nitrogens with one attached hydrogen (secondary N) is 2. The summed E-state index contributed by atoms with van der Waals surface area (Å²) in [7, 11) is 3.19. The molecule has 1 fully saturated rings. The van der Waals surface area contributed by atoms with Crippen LogP contribution in [0, 0.1) is 5.92 Å². The average molecular weight is 334 g/mol. The van der Waals surface area contributed by atoms with E-state index in [0.717, 1.165) is 5.92 Å². The molecule has 2 rings (SSSR count). The molecule has 5 heteroatoms. The van der Waals surface area contributed by atoms with Crippen molar-refractivity contribution in [3.8, 4) is 11.5 Å². The van der Waals surface area contributed by atoms with Crippen molar-refractivity contribution < 1.29 is 14.3 Å².